The first-order valence-corrected chi connectivity index (χ1v) is 16.2. The average Bonchev–Trinajstić information content (AvgIpc) is 3.10. The molecule has 0 atom stereocenters. The number of allylic oxidation sites excluding steroid dienone is 3. The molecule has 49 heavy (non-hydrogen) atoms. The molecule has 0 saturated carbocycles. The van der Waals surface area contributed by atoms with Crippen molar-refractivity contribution in [1.82, 2.24) is 4.58 Å². The molecule has 236 valence electrons. The highest BCUT2D eigenvalue weighted by atomic mass is 16.3. The monoisotopic (exact) mass is 637 g/mol. The van der Waals surface area contributed by atoms with E-state index in [0.29, 0.717) is 41.3 Å². The first-order chi connectivity index (χ1) is 23.8. The Kier molecular flexibility index (Phi) is 5.85. The van der Waals surface area contributed by atoms with Crippen LogP contribution in [0.4, 0.5) is 22.7 Å². The number of rotatable bonds is 1. The van der Waals surface area contributed by atoms with Crippen molar-refractivity contribution in [3.63, 3.8) is 0 Å². The number of benzene rings is 6. The van der Waals surface area contributed by atoms with Crippen LogP contribution in [0.3, 0.4) is 0 Å². The number of fused-ring (bicyclic) bond motifs is 4. The number of hydrogen-bond acceptors (Lipinski definition) is 6. The van der Waals surface area contributed by atoms with E-state index < -0.39 is 0 Å². The number of nitrogen functional groups attached to an aromatic ring is 1. The summed E-state index contributed by atoms with van der Waals surface area (Å²) in [5.74, 6) is -0.197. The van der Waals surface area contributed by atoms with E-state index in [2.05, 4.69) is 82.6 Å². The number of nitrogens with zero attached hydrogens (tertiary/aromatic N) is 6. The summed E-state index contributed by atoms with van der Waals surface area (Å²) in [6.07, 6.45) is 0. The molecule has 0 saturated heterocycles. The van der Waals surface area contributed by atoms with Crippen molar-refractivity contribution in [1.29, 1.82) is 5.26 Å². The van der Waals surface area contributed by atoms with Crippen LogP contribution in [0.1, 0.15) is 5.56 Å². The van der Waals surface area contributed by atoms with Gasteiger partial charge in [-0.25, -0.2) is 14.7 Å². The Bertz CT molecular complexity index is 2820. The Morgan fingerprint density at radius 3 is 2.18 bits per heavy atom. The van der Waals surface area contributed by atoms with E-state index in [1.54, 1.807) is 0 Å². The van der Waals surface area contributed by atoms with E-state index in [1.807, 2.05) is 54.6 Å². The predicted molar refractivity (Wildman–Crippen MR) is 198 cm³/mol. The molecule has 2 N–H and O–H groups in total. The van der Waals surface area contributed by atoms with Gasteiger partial charge in [-0.1, -0.05) is 60.4 Å². The molecule has 0 unspecified atom stereocenters. The molecule has 1 aliphatic carbocycles. The normalized spacial score (nSPS) is 17.6. The third-order valence-electron chi connectivity index (χ3n) is 10.5. The lowest BCUT2D eigenvalue weighted by Gasteiger charge is -2.40. The lowest BCUT2D eigenvalue weighted by molar-refractivity contribution is -0.292. The molecule has 9 rings (SSSR count). The zero-order valence-electron chi connectivity index (χ0n) is 27.6. The van der Waals surface area contributed by atoms with E-state index in [1.165, 1.54) is 0 Å². The second-order valence-electron chi connectivity index (χ2n) is 13.3. The maximum absolute atomic E-state index is 15.2. The van der Waals surface area contributed by atoms with Gasteiger partial charge in [0.25, 0.3) is 5.70 Å². The van der Waals surface area contributed by atoms with Gasteiger partial charge < -0.3 is 25.5 Å². The van der Waals surface area contributed by atoms with Gasteiger partial charge in [-0.2, -0.15) is 0 Å². The van der Waals surface area contributed by atoms with Gasteiger partial charge in [0.1, 0.15) is 7.05 Å². The fourth-order valence-corrected chi connectivity index (χ4v) is 8.65. The lowest BCUT2D eigenvalue weighted by Crippen LogP contribution is -2.42. The molecule has 0 fully saturated rings. The van der Waals surface area contributed by atoms with Crippen LogP contribution in [0, 0.1) is 17.9 Å². The number of nitriles is 1. The molecule has 3 aliphatic rings. The molecule has 8 nitrogen and oxygen atoms in total. The Hall–Kier alpha value is -6.51. The van der Waals surface area contributed by atoms with Crippen LogP contribution in [-0.4, -0.2) is 41.5 Å². The molecule has 0 aromatic heterocycles. The Balaban J connectivity index is 1.55. The highest BCUT2D eigenvalue weighted by Gasteiger charge is 2.35. The minimum atomic E-state index is -0.197. The largest absolute Gasteiger partial charge is 0.872 e. The van der Waals surface area contributed by atoms with Crippen molar-refractivity contribution < 1.29 is 5.11 Å². The number of anilines is 4. The molecular weight excluding hydrogens is 606 g/mol. The van der Waals surface area contributed by atoms with E-state index >= 15 is 5.11 Å². The molecule has 8 heteroatoms. The van der Waals surface area contributed by atoms with E-state index in [0.717, 1.165) is 70.7 Å². The Labute approximate surface area is 282 Å². The molecule has 0 radical (unpaired) electrons. The zero-order chi connectivity index (χ0) is 33.9. The summed E-state index contributed by atoms with van der Waals surface area (Å²) in [6.45, 7) is 9.57. The molecular formula is C41H31N7O. The number of hydrogen-bond donors (Lipinski definition) is 1. The van der Waals surface area contributed by atoms with Gasteiger partial charge >= 0.3 is 0 Å². The summed E-state index contributed by atoms with van der Waals surface area (Å²) in [7, 11) is 8.27. The maximum atomic E-state index is 15.2. The summed E-state index contributed by atoms with van der Waals surface area (Å²) in [4.78, 5) is 10.3. The quantitative estimate of drug-likeness (QED) is 0.0909. The van der Waals surface area contributed by atoms with E-state index in [-0.39, 0.29) is 11.5 Å². The van der Waals surface area contributed by atoms with Crippen LogP contribution in [0.15, 0.2) is 95.9 Å². The molecule has 0 bridgehead atoms. The first kappa shape index (κ1) is 28.7. The van der Waals surface area contributed by atoms with Gasteiger partial charge in [0.05, 0.1) is 41.5 Å². The van der Waals surface area contributed by atoms with E-state index in [4.69, 9.17) is 12.3 Å². The number of nitrogens with two attached hydrogens (primary N) is 1. The second-order valence-corrected chi connectivity index (χ2v) is 13.3. The molecule has 2 heterocycles. The summed E-state index contributed by atoms with van der Waals surface area (Å²) in [5.41, 5.74) is 12.2. The van der Waals surface area contributed by atoms with E-state index in [9.17, 15) is 5.26 Å². The zero-order valence-corrected chi connectivity index (χ0v) is 27.6. The highest BCUT2D eigenvalue weighted by Crippen LogP contribution is 2.55. The highest BCUT2D eigenvalue weighted by molar-refractivity contribution is 6.29. The third-order valence-corrected chi connectivity index (χ3v) is 10.5. The van der Waals surface area contributed by atoms with Gasteiger partial charge in [0.2, 0.25) is 12.0 Å². The molecule has 0 spiro atoms. The minimum Gasteiger partial charge on any atom is -0.872 e. The van der Waals surface area contributed by atoms with Gasteiger partial charge in [0, 0.05) is 54.2 Å². The second kappa shape index (κ2) is 10.00. The summed E-state index contributed by atoms with van der Waals surface area (Å²) in [6, 6.07) is 28.5. The topological polar surface area (TPSA) is 90.0 Å². The van der Waals surface area contributed by atoms with Gasteiger partial charge in [-0.3, -0.25) is 0 Å². The fraction of sp³-hybridized carbons (Fsp3) is 0.146. The minimum absolute atomic E-state index is 0.110. The SMILES string of the molecule is [C-]#[N+]/C(C#N)=C1C(c2c3cccc4c3c(c3cccc(N)c23)N(C)CN4C)=C([O-])C/1=c1/c2ccccc2c2c3c(cccc13)N(C)C[N+]=2C. The van der Waals surface area contributed by atoms with Crippen LogP contribution in [-0.2, 0) is 0 Å². The molecule has 6 aromatic carbocycles. The van der Waals surface area contributed by atoms with Crippen molar-refractivity contribution in [3.05, 3.63) is 123 Å². The van der Waals surface area contributed by atoms with Crippen LogP contribution in [0.25, 0.3) is 59.1 Å². The summed E-state index contributed by atoms with van der Waals surface area (Å²) in [5, 5.41) is 34.9. The smallest absolute Gasteiger partial charge is 0.270 e. The van der Waals surface area contributed by atoms with Gasteiger partial charge in [0.15, 0.2) is 0 Å². The molecule has 6 aromatic rings. The first-order valence-electron chi connectivity index (χ1n) is 16.2. The van der Waals surface area contributed by atoms with Crippen LogP contribution in [0.5, 0.6) is 0 Å². The third kappa shape index (κ3) is 3.58. The van der Waals surface area contributed by atoms with Crippen molar-refractivity contribution in [2.75, 3.05) is 62.0 Å². The van der Waals surface area contributed by atoms with Crippen LogP contribution in [0.2, 0.25) is 0 Å². The van der Waals surface area contributed by atoms with Gasteiger partial charge in [-0.05, 0) is 62.4 Å². The van der Waals surface area contributed by atoms with Crippen LogP contribution >= 0.6 is 0 Å². The summed E-state index contributed by atoms with van der Waals surface area (Å²) < 4.78 is 2.24. The Morgan fingerprint density at radius 1 is 0.796 bits per heavy atom. The summed E-state index contributed by atoms with van der Waals surface area (Å²) >= 11 is 0. The Morgan fingerprint density at radius 2 is 1.45 bits per heavy atom. The van der Waals surface area contributed by atoms with Gasteiger partial charge in [-0.15, -0.1) is 0 Å². The van der Waals surface area contributed by atoms with Crippen molar-refractivity contribution in [2.45, 2.75) is 0 Å². The molecule has 0 amide bonds. The maximum Gasteiger partial charge on any atom is 0.270 e. The van der Waals surface area contributed by atoms with Crippen molar-refractivity contribution in [2.24, 2.45) is 0 Å². The predicted octanol–water partition coefficient (Wildman–Crippen LogP) is 4.89. The average molecular weight is 638 g/mol. The van der Waals surface area contributed by atoms with Crippen LogP contribution < -0.4 is 40.7 Å². The fourth-order valence-electron chi connectivity index (χ4n) is 8.65. The lowest BCUT2D eigenvalue weighted by atomic mass is 9.73. The standard InChI is InChI=1S/C41H31N7O/c1-44-28(19-42)36-37(31-22-11-6-7-12-23(22)39-33-24(31)13-9-17-29(33)45(2)20-47(39)4)41(49)38(36)35-25-14-10-18-30-34(25)40(48(5)21-46(30)3)26-15-8-16-27(43)32(26)35/h6-18H,20-21,43H2,2-5H3/b36-28+. The van der Waals surface area contributed by atoms with Crippen molar-refractivity contribution in [3.8, 4) is 6.07 Å². The van der Waals surface area contributed by atoms with Crippen molar-refractivity contribution >= 4 is 77.0 Å². The molecule has 2 aliphatic heterocycles.